The molecule has 0 spiro atoms. The fourth-order valence-electron chi connectivity index (χ4n) is 1.39. The minimum atomic E-state index is -4.80. The standard InChI is InChI=1S/C13H17F3O/c1-9(12(2,3)4)10-6-5-7-11(8-10)17-13(14,15)16/h5-9H,1-4H3/t9-/m1/s1/i1D3. The predicted octanol–water partition coefficient (Wildman–Crippen LogP) is 4.73. The number of benzene rings is 1. The first-order valence-corrected chi connectivity index (χ1v) is 5.16. The van der Waals surface area contributed by atoms with Crippen molar-refractivity contribution < 1.29 is 22.0 Å². The van der Waals surface area contributed by atoms with E-state index in [4.69, 9.17) is 4.11 Å². The molecule has 1 aromatic rings. The van der Waals surface area contributed by atoms with Crippen LogP contribution in [0.3, 0.4) is 0 Å². The lowest BCUT2D eigenvalue weighted by Gasteiger charge is -2.27. The first-order chi connectivity index (χ1) is 8.81. The summed E-state index contributed by atoms with van der Waals surface area (Å²) in [7, 11) is 0. The molecule has 0 saturated heterocycles. The van der Waals surface area contributed by atoms with Crippen LogP contribution in [-0.2, 0) is 0 Å². The van der Waals surface area contributed by atoms with Gasteiger partial charge in [-0.25, -0.2) is 0 Å². The zero-order valence-corrected chi connectivity index (χ0v) is 9.93. The molecule has 1 nitrogen and oxygen atoms in total. The van der Waals surface area contributed by atoms with Crippen molar-refractivity contribution in [2.24, 2.45) is 5.41 Å². The molecule has 1 rings (SSSR count). The zero-order chi connectivity index (χ0) is 15.8. The van der Waals surface area contributed by atoms with Crippen molar-refractivity contribution in [2.45, 2.75) is 39.9 Å². The van der Waals surface area contributed by atoms with E-state index in [2.05, 4.69) is 4.74 Å². The molecule has 0 heterocycles. The number of hydrogen-bond acceptors (Lipinski definition) is 1. The van der Waals surface area contributed by atoms with Gasteiger partial charge in [-0.15, -0.1) is 13.2 Å². The van der Waals surface area contributed by atoms with Gasteiger partial charge in [-0.1, -0.05) is 39.8 Å². The van der Waals surface area contributed by atoms with E-state index in [0.717, 1.165) is 12.1 Å². The molecule has 0 saturated carbocycles. The summed E-state index contributed by atoms with van der Waals surface area (Å²) in [6.45, 7) is 2.90. The van der Waals surface area contributed by atoms with Crippen LogP contribution in [0.2, 0.25) is 0 Å². The van der Waals surface area contributed by atoms with Crippen LogP contribution in [-0.4, -0.2) is 6.36 Å². The Kier molecular flexibility index (Phi) is 2.65. The predicted molar refractivity (Wildman–Crippen MR) is 61.0 cm³/mol. The molecule has 1 atom stereocenters. The van der Waals surface area contributed by atoms with E-state index in [0.29, 0.717) is 5.56 Å². The number of halogens is 3. The summed E-state index contributed by atoms with van der Waals surface area (Å²) in [6.07, 6.45) is -4.80. The van der Waals surface area contributed by atoms with Crippen molar-refractivity contribution in [1.82, 2.24) is 0 Å². The highest BCUT2D eigenvalue weighted by atomic mass is 19.4. The second-order valence-corrected chi connectivity index (χ2v) is 4.92. The lowest BCUT2D eigenvalue weighted by molar-refractivity contribution is -0.274. The van der Waals surface area contributed by atoms with E-state index < -0.39 is 30.3 Å². The number of rotatable bonds is 2. The molecule has 1 aromatic carbocycles. The second-order valence-electron chi connectivity index (χ2n) is 4.92. The molecule has 0 unspecified atom stereocenters. The normalized spacial score (nSPS) is 17.9. The largest absolute Gasteiger partial charge is 0.573 e. The third-order valence-corrected chi connectivity index (χ3v) is 2.29. The molecule has 0 aliphatic rings. The van der Waals surface area contributed by atoms with E-state index in [9.17, 15) is 13.2 Å². The van der Waals surface area contributed by atoms with Crippen LogP contribution in [0.25, 0.3) is 0 Å². The highest BCUT2D eigenvalue weighted by Crippen LogP contribution is 2.36. The molecule has 0 aromatic heterocycles. The van der Waals surface area contributed by atoms with Crippen molar-refractivity contribution >= 4 is 0 Å². The van der Waals surface area contributed by atoms with Gasteiger partial charge >= 0.3 is 6.36 Å². The van der Waals surface area contributed by atoms with Crippen molar-refractivity contribution in [1.29, 1.82) is 0 Å². The van der Waals surface area contributed by atoms with E-state index in [1.165, 1.54) is 12.1 Å². The quantitative estimate of drug-likeness (QED) is 0.736. The highest BCUT2D eigenvalue weighted by Gasteiger charge is 2.31. The van der Waals surface area contributed by atoms with Gasteiger partial charge in [0.2, 0.25) is 0 Å². The molecule has 96 valence electrons. The van der Waals surface area contributed by atoms with Gasteiger partial charge in [-0.05, 0) is 29.0 Å². The fourth-order valence-corrected chi connectivity index (χ4v) is 1.39. The molecular weight excluding hydrogens is 229 g/mol. The third kappa shape index (κ3) is 4.29. The third-order valence-electron chi connectivity index (χ3n) is 2.29. The zero-order valence-electron chi connectivity index (χ0n) is 12.9. The van der Waals surface area contributed by atoms with Crippen LogP contribution in [0, 0.1) is 5.41 Å². The van der Waals surface area contributed by atoms with Crippen molar-refractivity contribution in [3.63, 3.8) is 0 Å². The first kappa shape index (κ1) is 9.80. The van der Waals surface area contributed by atoms with E-state index in [1.807, 2.05) is 0 Å². The minimum absolute atomic E-state index is 0.305. The molecule has 0 amide bonds. The van der Waals surface area contributed by atoms with Crippen LogP contribution in [0.15, 0.2) is 24.3 Å². The van der Waals surface area contributed by atoms with Crippen molar-refractivity contribution in [3.05, 3.63) is 29.8 Å². The number of hydrogen-bond donors (Lipinski definition) is 0. The lowest BCUT2D eigenvalue weighted by atomic mass is 9.78. The Bertz CT molecular complexity index is 447. The Hall–Kier alpha value is -1.19. The Balaban J connectivity index is 3.20. The maximum atomic E-state index is 12.2. The summed E-state index contributed by atoms with van der Waals surface area (Å²) in [5.74, 6) is -1.29. The Morgan fingerprint density at radius 1 is 1.24 bits per heavy atom. The SMILES string of the molecule is [2H]C([2H])([2H])[C@H](c1cccc(OC(F)(F)F)c1)C(C)(C)C. The summed E-state index contributed by atoms with van der Waals surface area (Å²) in [6, 6.07) is 5.15. The van der Waals surface area contributed by atoms with Gasteiger partial charge in [-0.3, -0.25) is 0 Å². The number of alkyl halides is 3. The van der Waals surface area contributed by atoms with Gasteiger partial charge in [0.15, 0.2) is 0 Å². The molecule has 0 aliphatic carbocycles. The van der Waals surface area contributed by atoms with Crippen LogP contribution in [0.4, 0.5) is 13.2 Å². The molecule has 0 bridgehead atoms. The maximum absolute atomic E-state index is 12.2. The molecular formula is C13H17F3O. The van der Waals surface area contributed by atoms with Crippen LogP contribution in [0.5, 0.6) is 5.75 Å². The van der Waals surface area contributed by atoms with Gasteiger partial charge in [0.1, 0.15) is 5.75 Å². The minimum Gasteiger partial charge on any atom is -0.406 e. The summed E-state index contributed by atoms with van der Waals surface area (Å²) in [4.78, 5) is 0. The van der Waals surface area contributed by atoms with E-state index in [1.54, 1.807) is 20.8 Å². The van der Waals surface area contributed by atoms with Crippen LogP contribution >= 0.6 is 0 Å². The van der Waals surface area contributed by atoms with E-state index >= 15 is 0 Å². The van der Waals surface area contributed by atoms with Crippen LogP contribution < -0.4 is 4.74 Å². The smallest absolute Gasteiger partial charge is 0.406 e. The number of ether oxygens (including phenoxy) is 1. The summed E-state index contributed by atoms with van der Waals surface area (Å²) < 4.78 is 63.3. The first-order valence-electron chi connectivity index (χ1n) is 6.66. The van der Waals surface area contributed by atoms with Gasteiger partial charge in [-0.2, -0.15) is 0 Å². The molecule has 0 radical (unpaired) electrons. The summed E-state index contributed by atoms with van der Waals surface area (Å²) in [5.41, 5.74) is -0.318. The monoisotopic (exact) mass is 249 g/mol. The Morgan fingerprint density at radius 2 is 1.88 bits per heavy atom. The highest BCUT2D eigenvalue weighted by molar-refractivity contribution is 5.31. The topological polar surface area (TPSA) is 9.23 Å². The summed E-state index contributed by atoms with van der Waals surface area (Å²) >= 11 is 0. The average Bonchev–Trinajstić information content (AvgIpc) is 2.09. The van der Waals surface area contributed by atoms with Crippen molar-refractivity contribution in [3.8, 4) is 5.75 Å². The fraction of sp³-hybridized carbons (Fsp3) is 0.538. The van der Waals surface area contributed by atoms with E-state index in [-0.39, 0.29) is 0 Å². The molecule has 0 aliphatic heterocycles. The molecule has 17 heavy (non-hydrogen) atoms. The van der Waals surface area contributed by atoms with Crippen LogP contribution in [0.1, 0.15) is 43.2 Å². The molecule has 0 fully saturated rings. The van der Waals surface area contributed by atoms with Gasteiger partial charge < -0.3 is 4.74 Å². The van der Waals surface area contributed by atoms with Crippen molar-refractivity contribution in [2.75, 3.05) is 0 Å². The summed E-state index contributed by atoms with van der Waals surface area (Å²) in [5, 5.41) is 0. The Labute approximate surface area is 104 Å². The second kappa shape index (κ2) is 4.59. The Morgan fingerprint density at radius 3 is 2.35 bits per heavy atom. The van der Waals surface area contributed by atoms with Gasteiger partial charge in [0.05, 0.1) is 0 Å². The van der Waals surface area contributed by atoms with Gasteiger partial charge in [0, 0.05) is 4.11 Å². The lowest BCUT2D eigenvalue weighted by Crippen LogP contribution is -2.18. The maximum Gasteiger partial charge on any atom is 0.573 e. The average molecular weight is 249 g/mol. The molecule has 4 heteroatoms. The molecule has 0 N–H and O–H groups in total. The van der Waals surface area contributed by atoms with Gasteiger partial charge in [0.25, 0.3) is 0 Å².